The van der Waals surface area contributed by atoms with E-state index in [2.05, 4.69) is 23.1 Å². The molecule has 1 fully saturated rings. The quantitative estimate of drug-likeness (QED) is 0.835. The fourth-order valence-electron chi connectivity index (χ4n) is 4.53. The number of nitrogens with zero attached hydrogens (tertiary/aromatic N) is 1. The number of ketones is 1. The highest BCUT2D eigenvalue weighted by atomic mass is 16.5. The lowest BCUT2D eigenvalue weighted by Gasteiger charge is -2.30. The van der Waals surface area contributed by atoms with Crippen molar-refractivity contribution in [2.45, 2.75) is 38.5 Å². The molecule has 138 valence electrons. The highest BCUT2D eigenvalue weighted by molar-refractivity contribution is 6.31. The van der Waals surface area contributed by atoms with E-state index < -0.39 is 0 Å². The van der Waals surface area contributed by atoms with Gasteiger partial charge in [-0.1, -0.05) is 42.5 Å². The van der Waals surface area contributed by atoms with E-state index in [0.717, 1.165) is 66.1 Å². The maximum absolute atomic E-state index is 12.6. The molecule has 0 saturated carbocycles. The molecular weight excluding hydrogens is 338 g/mol. The van der Waals surface area contributed by atoms with Crippen LogP contribution in [0.3, 0.4) is 0 Å². The van der Waals surface area contributed by atoms with Gasteiger partial charge in [0.25, 0.3) is 0 Å². The van der Waals surface area contributed by atoms with Crippen molar-refractivity contribution in [3.05, 3.63) is 70.3 Å². The van der Waals surface area contributed by atoms with Crippen LogP contribution in [0.15, 0.2) is 42.5 Å². The normalized spacial score (nSPS) is 24.6. The number of likely N-dealkylation sites (tertiary alicyclic amines) is 1. The molecule has 5 rings (SSSR count). The van der Waals surface area contributed by atoms with Crippen LogP contribution in [0.5, 0.6) is 0 Å². The average molecular weight is 361 g/mol. The van der Waals surface area contributed by atoms with Crippen LogP contribution in [-0.2, 0) is 29.1 Å². The number of β-amino-alcohol motifs (C(OH)–C–C–N with tert-alkyl or cyclic N) is 1. The summed E-state index contributed by atoms with van der Waals surface area (Å²) >= 11 is 0. The van der Waals surface area contributed by atoms with Crippen LogP contribution in [0.1, 0.15) is 40.7 Å². The van der Waals surface area contributed by atoms with E-state index in [1.807, 2.05) is 24.3 Å². The second-order valence-electron chi connectivity index (χ2n) is 7.77. The zero-order valence-corrected chi connectivity index (χ0v) is 15.3. The van der Waals surface area contributed by atoms with Crippen molar-refractivity contribution in [2.75, 3.05) is 13.1 Å². The monoisotopic (exact) mass is 361 g/mol. The third kappa shape index (κ3) is 2.99. The smallest absolute Gasteiger partial charge is 0.171 e. The fraction of sp³-hybridized carbons (Fsp3) is 0.348. The molecule has 2 aliphatic heterocycles. The van der Waals surface area contributed by atoms with Crippen LogP contribution in [0.25, 0.3) is 11.3 Å². The standard InChI is InChI=1S/C23H23NO3/c25-18-5-3-9-24(13-18)12-15-7-8-20-17(10-15)14-27-23(20)22-19-6-2-1-4-16(19)11-21(22)26/h1-2,4,6-8,10,18,25H,3,5,9,11-14H2/b23-22+. The Hall–Kier alpha value is -2.43. The minimum atomic E-state index is -0.207. The highest BCUT2D eigenvalue weighted by Crippen LogP contribution is 2.40. The second-order valence-corrected chi connectivity index (χ2v) is 7.77. The maximum Gasteiger partial charge on any atom is 0.171 e. The van der Waals surface area contributed by atoms with Gasteiger partial charge in [0.1, 0.15) is 12.4 Å². The average Bonchev–Trinajstić information content (AvgIpc) is 3.21. The predicted molar refractivity (Wildman–Crippen MR) is 104 cm³/mol. The van der Waals surface area contributed by atoms with Crippen molar-refractivity contribution < 1.29 is 14.6 Å². The van der Waals surface area contributed by atoms with Gasteiger partial charge in [0.2, 0.25) is 0 Å². The number of fused-ring (bicyclic) bond motifs is 2. The molecule has 3 aliphatic rings. The number of hydrogen-bond acceptors (Lipinski definition) is 4. The molecule has 2 aromatic rings. The van der Waals surface area contributed by atoms with Gasteiger partial charge in [-0.15, -0.1) is 0 Å². The van der Waals surface area contributed by atoms with Gasteiger partial charge in [-0.2, -0.15) is 0 Å². The van der Waals surface area contributed by atoms with Gasteiger partial charge >= 0.3 is 0 Å². The summed E-state index contributed by atoms with van der Waals surface area (Å²) in [6.07, 6.45) is 2.21. The summed E-state index contributed by atoms with van der Waals surface area (Å²) in [5.74, 6) is 0.880. The van der Waals surface area contributed by atoms with E-state index in [-0.39, 0.29) is 11.9 Å². The van der Waals surface area contributed by atoms with Gasteiger partial charge < -0.3 is 9.84 Å². The lowest BCUT2D eigenvalue weighted by atomic mass is 9.98. The van der Waals surface area contributed by atoms with E-state index in [9.17, 15) is 9.90 Å². The molecule has 4 nitrogen and oxygen atoms in total. The number of aliphatic hydroxyl groups is 1. The van der Waals surface area contributed by atoms with Crippen LogP contribution in [0, 0.1) is 0 Å². The van der Waals surface area contributed by atoms with Gasteiger partial charge in [-0.05, 0) is 36.1 Å². The zero-order chi connectivity index (χ0) is 18.4. The van der Waals surface area contributed by atoms with Crippen LogP contribution in [-0.4, -0.2) is 35.0 Å². The Labute approximate surface area is 159 Å². The molecule has 1 atom stereocenters. The van der Waals surface area contributed by atoms with Gasteiger partial charge in [-0.3, -0.25) is 9.69 Å². The topological polar surface area (TPSA) is 49.8 Å². The van der Waals surface area contributed by atoms with Gasteiger partial charge in [0.05, 0.1) is 11.7 Å². The van der Waals surface area contributed by atoms with E-state index in [0.29, 0.717) is 13.0 Å². The zero-order valence-electron chi connectivity index (χ0n) is 15.3. The third-order valence-corrected chi connectivity index (χ3v) is 5.82. The Kier molecular flexibility index (Phi) is 4.10. The van der Waals surface area contributed by atoms with Gasteiger partial charge in [0.15, 0.2) is 5.78 Å². The third-order valence-electron chi connectivity index (χ3n) is 5.82. The molecule has 0 spiro atoms. The molecule has 4 heteroatoms. The lowest BCUT2D eigenvalue weighted by Crippen LogP contribution is -2.37. The summed E-state index contributed by atoms with van der Waals surface area (Å²) in [7, 11) is 0. The van der Waals surface area contributed by atoms with Gasteiger partial charge in [0, 0.05) is 30.6 Å². The summed E-state index contributed by atoms with van der Waals surface area (Å²) in [4.78, 5) is 14.9. The molecule has 2 heterocycles. The lowest BCUT2D eigenvalue weighted by molar-refractivity contribution is -0.112. The number of piperidine rings is 1. The molecule has 0 radical (unpaired) electrons. The Balaban J connectivity index is 1.46. The van der Waals surface area contributed by atoms with Crippen molar-refractivity contribution in [3.63, 3.8) is 0 Å². The van der Waals surface area contributed by atoms with E-state index in [1.165, 1.54) is 5.56 Å². The summed E-state index contributed by atoms with van der Waals surface area (Å²) in [5, 5.41) is 9.87. The number of benzene rings is 2. The molecule has 2 aromatic carbocycles. The van der Waals surface area contributed by atoms with Crippen LogP contribution < -0.4 is 0 Å². The van der Waals surface area contributed by atoms with Crippen molar-refractivity contribution in [3.8, 4) is 0 Å². The summed E-state index contributed by atoms with van der Waals surface area (Å²) < 4.78 is 6.00. The number of aliphatic hydroxyl groups excluding tert-OH is 1. The van der Waals surface area contributed by atoms with Crippen molar-refractivity contribution in [2.24, 2.45) is 0 Å². The number of rotatable bonds is 2. The first kappa shape index (κ1) is 16.7. The molecule has 27 heavy (non-hydrogen) atoms. The van der Waals surface area contributed by atoms with Crippen molar-refractivity contribution >= 4 is 17.1 Å². The Bertz CT molecular complexity index is 946. The first-order chi connectivity index (χ1) is 13.2. The minimum Gasteiger partial charge on any atom is -0.487 e. The second kappa shape index (κ2) is 6.63. The number of carbonyl (C=O) groups excluding carboxylic acids is 1. The molecule has 1 N–H and O–H groups in total. The first-order valence-corrected chi connectivity index (χ1v) is 9.70. The van der Waals surface area contributed by atoms with E-state index in [1.54, 1.807) is 0 Å². The summed E-state index contributed by atoms with van der Waals surface area (Å²) in [6, 6.07) is 14.4. The summed E-state index contributed by atoms with van der Waals surface area (Å²) in [5.41, 5.74) is 6.24. The number of ether oxygens (including phenoxy) is 1. The molecule has 0 aromatic heterocycles. The molecule has 1 unspecified atom stereocenters. The van der Waals surface area contributed by atoms with Crippen molar-refractivity contribution in [1.82, 2.24) is 4.90 Å². The van der Waals surface area contributed by atoms with E-state index >= 15 is 0 Å². The van der Waals surface area contributed by atoms with Crippen LogP contribution in [0.2, 0.25) is 0 Å². The van der Waals surface area contributed by atoms with Crippen molar-refractivity contribution in [1.29, 1.82) is 0 Å². The Morgan fingerprint density at radius 3 is 2.89 bits per heavy atom. The molecular formula is C23H23NO3. The Morgan fingerprint density at radius 1 is 1.11 bits per heavy atom. The maximum atomic E-state index is 12.6. The predicted octanol–water partition coefficient (Wildman–Crippen LogP) is 3.17. The SMILES string of the molecule is O=C1Cc2ccccc2/C1=C1\OCc2cc(CN3CCCC(O)C3)ccc21. The Morgan fingerprint density at radius 2 is 2.00 bits per heavy atom. The fourth-order valence-corrected chi connectivity index (χ4v) is 4.53. The number of hydrogen-bond donors (Lipinski definition) is 1. The van der Waals surface area contributed by atoms with Crippen LogP contribution in [0.4, 0.5) is 0 Å². The number of carbonyl (C=O) groups is 1. The molecule has 1 aliphatic carbocycles. The summed E-state index contributed by atoms with van der Waals surface area (Å²) in [6.45, 7) is 3.14. The van der Waals surface area contributed by atoms with E-state index in [4.69, 9.17) is 4.74 Å². The highest BCUT2D eigenvalue weighted by Gasteiger charge is 2.32. The largest absolute Gasteiger partial charge is 0.487 e. The molecule has 1 saturated heterocycles. The molecule has 0 amide bonds. The van der Waals surface area contributed by atoms with Gasteiger partial charge in [-0.25, -0.2) is 0 Å². The first-order valence-electron chi connectivity index (χ1n) is 9.70. The van der Waals surface area contributed by atoms with Crippen LogP contribution >= 0.6 is 0 Å². The molecule has 0 bridgehead atoms. The number of allylic oxidation sites excluding steroid dienone is 1. The number of Topliss-reactive ketones (excluding diaryl/α,β-unsaturated/α-hetero) is 1. The minimum absolute atomic E-state index is 0.144.